The third-order valence-corrected chi connectivity index (χ3v) is 3.46. The van der Waals surface area contributed by atoms with E-state index in [0.29, 0.717) is 22.8 Å². The van der Waals surface area contributed by atoms with E-state index in [1.165, 1.54) is 25.4 Å². The number of carbonyl (C=O) groups excluding carboxylic acids is 1. The number of anilines is 3. The van der Waals surface area contributed by atoms with Crippen LogP contribution < -0.4 is 15.4 Å². The molecule has 0 unspecified atom stereocenters. The van der Waals surface area contributed by atoms with Crippen molar-refractivity contribution in [1.29, 1.82) is 0 Å². The Morgan fingerprint density at radius 3 is 2.60 bits per heavy atom. The van der Waals surface area contributed by atoms with Crippen LogP contribution in [0.15, 0.2) is 66.9 Å². The summed E-state index contributed by atoms with van der Waals surface area (Å²) in [6.45, 7) is 0. The van der Waals surface area contributed by atoms with Crippen LogP contribution in [-0.4, -0.2) is 18.0 Å². The van der Waals surface area contributed by atoms with Crippen molar-refractivity contribution >= 4 is 23.0 Å². The van der Waals surface area contributed by atoms with Gasteiger partial charge in [-0.1, -0.05) is 18.2 Å². The van der Waals surface area contributed by atoms with Gasteiger partial charge in [-0.2, -0.15) is 0 Å². The number of nitrogens with zero attached hydrogens (tertiary/aromatic N) is 1. The van der Waals surface area contributed by atoms with Crippen LogP contribution in [0.5, 0.6) is 5.75 Å². The smallest absolute Gasteiger partial charge is 0.274 e. The maximum Gasteiger partial charge on any atom is 0.274 e. The molecule has 0 aliphatic carbocycles. The number of carbonyl (C=O) groups is 1. The molecule has 0 atom stereocenters. The van der Waals surface area contributed by atoms with E-state index < -0.39 is 0 Å². The van der Waals surface area contributed by atoms with Gasteiger partial charge in [0.25, 0.3) is 5.91 Å². The zero-order valence-electron chi connectivity index (χ0n) is 13.5. The van der Waals surface area contributed by atoms with Crippen LogP contribution in [0, 0.1) is 5.82 Å². The number of para-hydroxylation sites is 2. The third kappa shape index (κ3) is 4.11. The average molecular weight is 337 g/mol. The van der Waals surface area contributed by atoms with Crippen LogP contribution >= 0.6 is 0 Å². The lowest BCUT2D eigenvalue weighted by molar-refractivity contribution is 0.102. The zero-order chi connectivity index (χ0) is 17.6. The molecule has 3 rings (SSSR count). The number of amides is 1. The molecule has 0 aliphatic heterocycles. The molecule has 0 spiro atoms. The number of methoxy groups -OCH3 is 1. The number of aromatic nitrogens is 1. The van der Waals surface area contributed by atoms with Gasteiger partial charge in [0.1, 0.15) is 17.3 Å². The Hall–Kier alpha value is -3.41. The highest BCUT2D eigenvalue weighted by molar-refractivity contribution is 6.03. The zero-order valence-corrected chi connectivity index (χ0v) is 13.5. The van der Waals surface area contributed by atoms with Gasteiger partial charge in [0.15, 0.2) is 0 Å². The Balaban J connectivity index is 1.70. The first kappa shape index (κ1) is 16.4. The van der Waals surface area contributed by atoms with Crippen molar-refractivity contribution in [3.05, 3.63) is 78.4 Å². The Kier molecular flexibility index (Phi) is 4.89. The fourth-order valence-electron chi connectivity index (χ4n) is 2.27. The molecule has 3 aromatic rings. The number of pyridine rings is 1. The van der Waals surface area contributed by atoms with E-state index in [4.69, 9.17) is 4.74 Å². The van der Waals surface area contributed by atoms with Crippen molar-refractivity contribution in [3.63, 3.8) is 0 Å². The molecular weight excluding hydrogens is 321 g/mol. The Bertz CT molecular complexity index is 882. The van der Waals surface area contributed by atoms with Crippen LogP contribution in [-0.2, 0) is 0 Å². The number of hydrogen-bond donors (Lipinski definition) is 2. The highest BCUT2D eigenvalue weighted by Gasteiger charge is 2.10. The topological polar surface area (TPSA) is 63.2 Å². The fraction of sp³-hybridized carbons (Fsp3) is 0.0526. The van der Waals surface area contributed by atoms with Crippen LogP contribution in [0.2, 0.25) is 0 Å². The highest BCUT2D eigenvalue weighted by atomic mass is 19.1. The van der Waals surface area contributed by atoms with Crippen molar-refractivity contribution in [3.8, 4) is 5.75 Å². The second-order valence-electron chi connectivity index (χ2n) is 5.22. The molecule has 0 saturated heterocycles. The van der Waals surface area contributed by atoms with Crippen LogP contribution in [0.1, 0.15) is 10.5 Å². The van der Waals surface area contributed by atoms with Gasteiger partial charge in [0.2, 0.25) is 0 Å². The van der Waals surface area contributed by atoms with Crippen LogP contribution in [0.4, 0.5) is 21.5 Å². The first-order valence-electron chi connectivity index (χ1n) is 7.59. The van der Waals surface area contributed by atoms with Gasteiger partial charge in [0, 0.05) is 5.69 Å². The molecule has 126 valence electrons. The molecule has 1 amide bonds. The average Bonchev–Trinajstić information content (AvgIpc) is 2.63. The number of rotatable bonds is 5. The summed E-state index contributed by atoms with van der Waals surface area (Å²) < 4.78 is 18.4. The van der Waals surface area contributed by atoms with E-state index in [1.807, 2.05) is 6.07 Å². The second kappa shape index (κ2) is 7.44. The van der Waals surface area contributed by atoms with Gasteiger partial charge >= 0.3 is 0 Å². The minimum Gasteiger partial charge on any atom is -0.495 e. The number of hydrogen-bond acceptors (Lipinski definition) is 4. The molecule has 0 aliphatic rings. The summed E-state index contributed by atoms with van der Waals surface area (Å²) >= 11 is 0. The molecule has 0 saturated carbocycles. The van der Waals surface area contributed by atoms with E-state index in [1.54, 1.807) is 42.5 Å². The lowest BCUT2D eigenvalue weighted by Crippen LogP contribution is -2.14. The maximum absolute atomic E-state index is 13.2. The highest BCUT2D eigenvalue weighted by Crippen LogP contribution is 2.23. The van der Waals surface area contributed by atoms with Crippen molar-refractivity contribution in [2.75, 3.05) is 17.7 Å². The Morgan fingerprint density at radius 1 is 1.04 bits per heavy atom. The van der Waals surface area contributed by atoms with Crippen molar-refractivity contribution in [2.45, 2.75) is 0 Å². The lowest BCUT2D eigenvalue weighted by Gasteiger charge is -2.10. The lowest BCUT2D eigenvalue weighted by atomic mass is 10.2. The van der Waals surface area contributed by atoms with Gasteiger partial charge < -0.3 is 15.4 Å². The summed E-state index contributed by atoms with van der Waals surface area (Å²) in [5.41, 5.74) is 2.09. The molecule has 2 N–H and O–H groups in total. The quantitative estimate of drug-likeness (QED) is 0.731. The van der Waals surface area contributed by atoms with E-state index >= 15 is 0 Å². The van der Waals surface area contributed by atoms with Gasteiger partial charge in [-0.15, -0.1) is 0 Å². The molecular formula is C19H16FN3O2. The summed E-state index contributed by atoms with van der Waals surface area (Å²) in [6.07, 6.45) is 1.52. The van der Waals surface area contributed by atoms with E-state index in [9.17, 15) is 9.18 Å². The molecule has 1 aromatic heterocycles. The predicted octanol–water partition coefficient (Wildman–Crippen LogP) is 4.23. The minimum absolute atomic E-state index is 0.260. The standard InChI is InChI=1S/C19H16FN3O2/c1-25-18-8-3-2-7-16(18)23-19(24)17-10-9-15(12-21-17)22-14-6-4-5-13(20)11-14/h2-12,22H,1H3,(H,23,24). The molecule has 1 heterocycles. The van der Waals surface area contributed by atoms with Gasteiger partial charge in [0.05, 0.1) is 24.7 Å². The second-order valence-corrected chi connectivity index (χ2v) is 5.22. The Morgan fingerprint density at radius 2 is 1.88 bits per heavy atom. The normalized spacial score (nSPS) is 10.2. The van der Waals surface area contributed by atoms with E-state index in [0.717, 1.165) is 0 Å². The van der Waals surface area contributed by atoms with Crippen molar-refractivity contribution < 1.29 is 13.9 Å². The number of benzene rings is 2. The molecule has 2 aromatic carbocycles. The number of nitrogens with one attached hydrogen (secondary N) is 2. The summed E-state index contributed by atoms with van der Waals surface area (Å²) in [6, 6.07) is 16.5. The maximum atomic E-state index is 13.2. The van der Waals surface area contributed by atoms with E-state index in [2.05, 4.69) is 15.6 Å². The number of halogens is 1. The Labute approximate surface area is 144 Å². The summed E-state index contributed by atoms with van der Waals surface area (Å²) in [7, 11) is 1.54. The van der Waals surface area contributed by atoms with Gasteiger partial charge in [-0.25, -0.2) is 9.37 Å². The monoisotopic (exact) mass is 337 g/mol. The van der Waals surface area contributed by atoms with Gasteiger partial charge in [-0.05, 0) is 42.5 Å². The van der Waals surface area contributed by atoms with Gasteiger partial charge in [-0.3, -0.25) is 4.79 Å². The summed E-state index contributed by atoms with van der Waals surface area (Å²) in [5, 5.41) is 5.78. The van der Waals surface area contributed by atoms with Crippen LogP contribution in [0.3, 0.4) is 0 Å². The molecule has 6 heteroatoms. The van der Waals surface area contributed by atoms with Crippen molar-refractivity contribution in [1.82, 2.24) is 4.98 Å². The molecule has 0 radical (unpaired) electrons. The largest absolute Gasteiger partial charge is 0.495 e. The van der Waals surface area contributed by atoms with Crippen molar-refractivity contribution in [2.24, 2.45) is 0 Å². The third-order valence-electron chi connectivity index (χ3n) is 3.46. The number of ether oxygens (including phenoxy) is 1. The fourth-order valence-corrected chi connectivity index (χ4v) is 2.27. The summed E-state index contributed by atoms with van der Waals surface area (Å²) in [4.78, 5) is 16.4. The van der Waals surface area contributed by atoms with E-state index in [-0.39, 0.29) is 17.4 Å². The first-order chi connectivity index (χ1) is 12.2. The minimum atomic E-state index is -0.346. The molecule has 0 fully saturated rings. The molecule has 25 heavy (non-hydrogen) atoms. The predicted molar refractivity (Wildman–Crippen MR) is 94.9 cm³/mol. The van der Waals surface area contributed by atoms with Crippen LogP contribution in [0.25, 0.3) is 0 Å². The summed E-state index contributed by atoms with van der Waals surface area (Å²) in [5.74, 6) is -0.104. The molecule has 0 bridgehead atoms. The first-order valence-corrected chi connectivity index (χ1v) is 7.59. The SMILES string of the molecule is COc1ccccc1NC(=O)c1ccc(Nc2cccc(F)c2)cn1. The molecule has 5 nitrogen and oxygen atoms in total.